The summed E-state index contributed by atoms with van der Waals surface area (Å²) in [4.78, 5) is 22.7. The molecular weight excluding hydrogens is 244 g/mol. The fourth-order valence-electron chi connectivity index (χ4n) is 2.85. The molecule has 2 amide bonds. The summed E-state index contributed by atoms with van der Waals surface area (Å²) in [7, 11) is 0. The van der Waals surface area contributed by atoms with Crippen LogP contribution in [0.15, 0.2) is 0 Å². The Morgan fingerprint density at radius 3 is 2.84 bits per heavy atom. The summed E-state index contributed by atoms with van der Waals surface area (Å²) in [5.74, 6) is 0.497. The standard InChI is InChI=1S/C14H24N2O3/c1-10-4-2-3-5-12(10)19-9-8-15-14(18)11-6-7-13(17)16-11/h10-12H,2-9H2,1H3,(H,15,18)(H,16,17)/t10-,11-,12+/m1/s1. The van der Waals surface area contributed by atoms with Crippen molar-refractivity contribution in [1.29, 1.82) is 0 Å². The molecule has 5 nitrogen and oxygen atoms in total. The summed E-state index contributed by atoms with van der Waals surface area (Å²) in [5, 5.41) is 5.48. The average Bonchev–Trinajstić information content (AvgIpc) is 2.83. The number of rotatable bonds is 5. The molecule has 2 N–H and O–H groups in total. The molecule has 1 aliphatic heterocycles. The number of amides is 2. The molecule has 0 unspecified atom stereocenters. The molecule has 0 aromatic rings. The Balaban J connectivity index is 1.58. The topological polar surface area (TPSA) is 67.4 Å². The van der Waals surface area contributed by atoms with Crippen LogP contribution in [0.1, 0.15) is 45.4 Å². The van der Waals surface area contributed by atoms with E-state index in [1.807, 2.05) is 0 Å². The maximum Gasteiger partial charge on any atom is 0.242 e. The van der Waals surface area contributed by atoms with Crippen LogP contribution >= 0.6 is 0 Å². The highest BCUT2D eigenvalue weighted by atomic mass is 16.5. The Hall–Kier alpha value is -1.10. The lowest BCUT2D eigenvalue weighted by Gasteiger charge is -2.28. The summed E-state index contributed by atoms with van der Waals surface area (Å²) < 4.78 is 5.83. The minimum atomic E-state index is -0.346. The third kappa shape index (κ3) is 4.20. The monoisotopic (exact) mass is 268 g/mol. The zero-order valence-corrected chi connectivity index (χ0v) is 11.6. The Kier molecular flexibility index (Phi) is 5.19. The number of nitrogens with one attached hydrogen (secondary N) is 2. The van der Waals surface area contributed by atoms with E-state index in [-0.39, 0.29) is 17.9 Å². The van der Waals surface area contributed by atoms with Gasteiger partial charge in [0.15, 0.2) is 0 Å². The molecule has 2 rings (SSSR count). The predicted octanol–water partition coefficient (Wildman–Crippen LogP) is 0.976. The quantitative estimate of drug-likeness (QED) is 0.730. The predicted molar refractivity (Wildman–Crippen MR) is 71.5 cm³/mol. The number of carbonyl (C=O) groups excluding carboxylic acids is 2. The van der Waals surface area contributed by atoms with Crippen molar-refractivity contribution in [1.82, 2.24) is 10.6 Å². The second-order valence-electron chi connectivity index (χ2n) is 5.62. The highest BCUT2D eigenvalue weighted by Crippen LogP contribution is 2.25. The molecule has 1 heterocycles. The van der Waals surface area contributed by atoms with E-state index < -0.39 is 0 Å². The van der Waals surface area contributed by atoms with Crippen LogP contribution in [0.2, 0.25) is 0 Å². The summed E-state index contributed by atoms with van der Waals surface area (Å²) in [6.45, 7) is 3.31. The molecular formula is C14H24N2O3. The van der Waals surface area contributed by atoms with Crippen LogP contribution < -0.4 is 10.6 Å². The van der Waals surface area contributed by atoms with Gasteiger partial charge in [-0.1, -0.05) is 19.8 Å². The van der Waals surface area contributed by atoms with Gasteiger partial charge >= 0.3 is 0 Å². The second-order valence-corrected chi connectivity index (χ2v) is 5.62. The van der Waals surface area contributed by atoms with E-state index in [0.29, 0.717) is 38.0 Å². The largest absolute Gasteiger partial charge is 0.376 e. The molecule has 3 atom stereocenters. The highest BCUT2D eigenvalue weighted by Gasteiger charge is 2.27. The zero-order chi connectivity index (χ0) is 13.7. The SMILES string of the molecule is C[C@@H]1CCCC[C@@H]1OCCNC(=O)[C@H]1CCC(=O)N1. The van der Waals surface area contributed by atoms with E-state index in [0.717, 1.165) is 6.42 Å². The van der Waals surface area contributed by atoms with Crippen molar-refractivity contribution in [2.75, 3.05) is 13.2 Å². The van der Waals surface area contributed by atoms with Crippen LogP contribution in [0.5, 0.6) is 0 Å². The number of hydrogen-bond donors (Lipinski definition) is 2. The molecule has 0 radical (unpaired) electrons. The van der Waals surface area contributed by atoms with Crippen LogP contribution in [-0.2, 0) is 14.3 Å². The van der Waals surface area contributed by atoms with E-state index in [4.69, 9.17) is 4.74 Å². The van der Waals surface area contributed by atoms with Crippen LogP contribution in [-0.4, -0.2) is 37.1 Å². The van der Waals surface area contributed by atoms with Crippen molar-refractivity contribution in [3.8, 4) is 0 Å². The first kappa shape index (κ1) is 14.3. The molecule has 2 aliphatic rings. The van der Waals surface area contributed by atoms with Crippen LogP contribution in [0.25, 0.3) is 0 Å². The highest BCUT2D eigenvalue weighted by molar-refractivity contribution is 5.90. The average molecular weight is 268 g/mol. The maximum absolute atomic E-state index is 11.7. The molecule has 2 fully saturated rings. The molecule has 5 heteroatoms. The van der Waals surface area contributed by atoms with Crippen molar-refractivity contribution in [3.05, 3.63) is 0 Å². The molecule has 0 spiro atoms. The van der Waals surface area contributed by atoms with Crippen LogP contribution in [0.3, 0.4) is 0 Å². The smallest absolute Gasteiger partial charge is 0.242 e. The van der Waals surface area contributed by atoms with Gasteiger partial charge in [0.05, 0.1) is 12.7 Å². The fraction of sp³-hybridized carbons (Fsp3) is 0.857. The number of hydrogen-bond acceptors (Lipinski definition) is 3. The van der Waals surface area contributed by atoms with Crippen LogP contribution in [0.4, 0.5) is 0 Å². The summed E-state index contributed by atoms with van der Waals surface area (Å²) >= 11 is 0. The third-order valence-electron chi connectivity index (χ3n) is 4.08. The van der Waals surface area contributed by atoms with Gasteiger partial charge in [-0.2, -0.15) is 0 Å². The molecule has 108 valence electrons. The Morgan fingerprint density at radius 1 is 1.37 bits per heavy atom. The summed E-state index contributed by atoms with van der Waals surface area (Å²) in [5.41, 5.74) is 0. The van der Waals surface area contributed by atoms with Crippen molar-refractivity contribution in [2.24, 2.45) is 5.92 Å². The van der Waals surface area contributed by atoms with E-state index >= 15 is 0 Å². The molecule has 19 heavy (non-hydrogen) atoms. The zero-order valence-electron chi connectivity index (χ0n) is 11.6. The molecule has 1 aliphatic carbocycles. The van der Waals surface area contributed by atoms with E-state index in [9.17, 15) is 9.59 Å². The molecule has 0 bridgehead atoms. The minimum absolute atomic E-state index is 0.0348. The van der Waals surface area contributed by atoms with Crippen molar-refractivity contribution in [2.45, 2.75) is 57.6 Å². The minimum Gasteiger partial charge on any atom is -0.376 e. The van der Waals surface area contributed by atoms with Gasteiger partial charge in [0.25, 0.3) is 0 Å². The first-order chi connectivity index (χ1) is 9.16. The van der Waals surface area contributed by atoms with Crippen LogP contribution in [0, 0.1) is 5.92 Å². The lowest BCUT2D eigenvalue weighted by atomic mass is 9.88. The lowest BCUT2D eigenvalue weighted by Crippen LogP contribution is -2.43. The van der Waals surface area contributed by atoms with Gasteiger partial charge in [-0.25, -0.2) is 0 Å². The van der Waals surface area contributed by atoms with Gasteiger partial charge < -0.3 is 15.4 Å². The van der Waals surface area contributed by atoms with Gasteiger partial charge in [0.1, 0.15) is 6.04 Å². The first-order valence-electron chi connectivity index (χ1n) is 7.35. The first-order valence-corrected chi connectivity index (χ1v) is 7.35. The lowest BCUT2D eigenvalue weighted by molar-refractivity contribution is -0.126. The van der Waals surface area contributed by atoms with Gasteiger partial charge in [-0.15, -0.1) is 0 Å². The van der Waals surface area contributed by atoms with E-state index in [2.05, 4.69) is 17.6 Å². The molecule has 0 aromatic carbocycles. The maximum atomic E-state index is 11.7. The number of ether oxygens (including phenoxy) is 1. The Morgan fingerprint density at radius 2 is 2.16 bits per heavy atom. The molecule has 1 saturated carbocycles. The van der Waals surface area contributed by atoms with Crippen molar-refractivity contribution in [3.63, 3.8) is 0 Å². The van der Waals surface area contributed by atoms with Gasteiger partial charge in [-0.05, 0) is 25.2 Å². The fourth-order valence-corrected chi connectivity index (χ4v) is 2.85. The van der Waals surface area contributed by atoms with Gasteiger partial charge in [-0.3, -0.25) is 9.59 Å². The van der Waals surface area contributed by atoms with E-state index in [1.165, 1.54) is 19.3 Å². The van der Waals surface area contributed by atoms with Crippen molar-refractivity contribution >= 4 is 11.8 Å². The van der Waals surface area contributed by atoms with Crippen molar-refractivity contribution < 1.29 is 14.3 Å². The molecule has 0 aromatic heterocycles. The Labute approximate surface area is 114 Å². The second kappa shape index (κ2) is 6.89. The summed E-state index contributed by atoms with van der Waals surface area (Å²) in [6, 6.07) is -0.346. The Bertz CT molecular complexity index is 333. The normalized spacial score (nSPS) is 31.0. The third-order valence-corrected chi connectivity index (χ3v) is 4.08. The van der Waals surface area contributed by atoms with Gasteiger partial charge in [0, 0.05) is 13.0 Å². The number of carbonyl (C=O) groups is 2. The molecule has 1 saturated heterocycles. The summed E-state index contributed by atoms with van der Waals surface area (Å²) in [6.07, 6.45) is 6.32. The van der Waals surface area contributed by atoms with E-state index in [1.54, 1.807) is 0 Å². The van der Waals surface area contributed by atoms with Gasteiger partial charge in [0.2, 0.25) is 11.8 Å².